The van der Waals surface area contributed by atoms with Crippen LogP contribution in [0.1, 0.15) is 50.4 Å². The van der Waals surface area contributed by atoms with Crippen molar-refractivity contribution in [1.82, 2.24) is 15.0 Å². The third-order valence-electron chi connectivity index (χ3n) is 2.97. The van der Waals surface area contributed by atoms with E-state index in [-0.39, 0.29) is 0 Å². The van der Waals surface area contributed by atoms with Crippen molar-refractivity contribution in [2.45, 2.75) is 51.5 Å². The van der Waals surface area contributed by atoms with Gasteiger partial charge < -0.3 is 0 Å². The van der Waals surface area contributed by atoms with Crippen LogP contribution in [0.4, 0.5) is 0 Å². The SMILES string of the molecule is CC(C)c1c(CCl)nnn1CCC1CC1. The van der Waals surface area contributed by atoms with Gasteiger partial charge in [0.05, 0.1) is 11.6 Å². The second-order valence-electron chi connectivity index (χ2n) is 4.66. The van der Waals surface area contributed by atoms with Crippen LogP contribution < -0.4 is 0 Å². The Bertz CT molecular complexity index is 329. The lowest BCUT2D eigenvalue weighted by Gasteiger charge is -2.09. The number of aryl methyl sites for hydroxylation is 1. The Morgan fingerprint density at radius 2 is 2.20 bits per heavy atom. The monoisotopic (exact) mass is 227 g/mol. The van der Waals surface area contributed by atoms with Gasteiger partial charge in [-0.1, -0.05) is 31.9 Å². The Morgan fingerprint density at radius 3 is 2.73 bits per heavy atom. The minimum atomic E-state index is 0.452. The Hall–Kier alpha value is -0.570. The van der Waals surface area contributed by atoms with E-state index in [2.05, 4.69) is 24.2 Å². The number of rotatable bonds is 5. The van der Waals surface area contributed by atoms with Crippen LogP contribution in [0.5, 0.6) is 0 Å². The summed E-state index contributed by atoms with van der Waals surface area (Å²) >= 11 is 5.85. The average molecular weight is 228 g/mol. The molecule has 0 unspecified atom stereocenters. The molecule has 0 atom stereocenters. The Labute approximate surface area is 95.8 Å². The van der Waals surface area contributed by atoms with Crippen molar-refractivity contribution in [1.29, 1.82) is 0 Å². The standard InChI is InChI=1S/C11H18ClN3/c1-8(2)11-10(7-12)13-14-15(11)6-5-9-3-4-9/h8-9H,3-7H2,1-2H3. The van der Waals surface area contributed by atoms with E-state index >= 15 is 0 Å². The number of aromatic nitrogens is 3. The number of hydrogen-bond acceptors (Lipinski definition) is 2. The first-order valence-corrected chi connectivity index (χ1v) is 6.24. The molecule has 3 nitrogen and oxygen atoms in total. The zero-order valence-electron chi connectivity index (χ0n) is 9.41. The van der Waals surface area contributed by atoms with Crippen LogP contribution in [-0.2, 0) is 12.4 Å². The fourth-order valence-electron chi connectivity index (χ4n) is 1.96. The van der Waals surface area contributed by atoms with Crippen molar-refractivity contribution in [3.8, 4) is 0 Å². The molecule has 4 heteroatoms. The second kappa shape index (κ2) is 4.52. The van der Waals surface area contributed by atoms with E-state index in [1.54, 1.807) is 0 Å². The summed E-state index contributed by atoms with van der Waals surface area (Å²) in [6.07, 6.45) is 4.03. The third kappa shape index (κ3) is 2.51. The molecular weight excluding hydrogens is 210 g/mol. The van der Waals surface area contributed by atoms with Crippen LogP contribution in [0.25, 0.3) is 0 Å². The highest BCUT2D eigenvalue weighted by Crippen LogP contribution is 2.33. The van der Waals surface area contributed by atoms with Crippen LogP contribution in [0.2, 0.25) is 0 Å². The molecule has 1 aliphatic rings. The molecule has 1 heterocycles. The first-order valence-electron chi connectivity index (χ1n) is 5.70. The van der Waals surface area contributed by atoms with Gasteiger partial charge in [0.2, 0.25) is 0 Å². The number of halogens is 1. The minimum absolute atomic E-state index is 0.452. The summed E-state index contributed by atoms with van der Waals surface area (Å²) in [6, 6.07) is 0. The van der Waals surface area contributed by atoms with Gasteiger partial charge in [0.1, 0.15) is 5.69 Å². The van der Waals surface area contributed by atoms with E-state index in [0.29, 0.717) is 11.8 Å². The fraction of sp³-hybridized carbons (Fsp3) is 0.818. The molecule has 0 saturated heterocycles. The normalized spacial score (nSPS) is 16.3. The molecule has 0 aliphatic heterocycles. The smallest absolute Gasteiger partial charge is 0.101 e. The van der Waals surface area contributed by atoms with Crippen molar-refractivity contribution < 1.29 is 0 Å². The van der Waals surface area contributed by atoms with E-state index < -0.39 is 0 Å². The van der Waals surface area contributed by atoms with E-state index in [0.717, 1.165) is 18.2 Å². The summed E-state index contributed by atoms with van der Waals surface area (Å²) in [4.78, 5) is 0. The van der Waals surface area contributed by atoms with Crippen LogP contribution in [-0.4, -0.2) is 15.0 Å². The molecular formula is C11H18ClN3. The third-order valence-corrected chi connectivity index (χ3v) is 3.22. The summed E-state index contributed by atoms with van der Waals surface area (Å²) in [5.74, 6) is 1.86. The number of hydrogen-bond donors (Lipinski definition) is 0. The molecule has 2 rings (SSSR count). The van der Waals surface area contributed by atoms with Crippen LogP contribution in [0, 0.1) is 5.92 Å². The largest absolute Gasteiger partial charge is 0.249 e. The minimum Gasteiger partial charge on any atom is -0.249 e. The van der Waals surface area contributed by atoms with Crippen molar-refractivity contribution >= 4 is 11.6 Å². The van der Waals surface area contributed by atoms with E-state index in [1.165, 1.54) is 25.0 Å². The zero-order chi connectivity index (χ0) is 10.8. The molecule has 15 heavy (non-hydrogen) atoms. The Kier molecular flexibility index (Phi) is 3.29. The van der Waals surface area contributed by atoms with Crippen LogP contribution in [0.3, 0.4) is 0 Å². The van der Waals surface area contributed by atoms with Gasteiger partial charge in [0, 0.05) is 6.54 Å². The van der Waals surface area contributed by atoms with Crippen molar-refractivity contribution in [2.75, 3.05) is 0 Å². The molecule has 1 fully saturated rings. The highest BCUT2D eigenvalue weighted by Gasteiger charge is 2.22. The summed E-state index contributed by atoms with van der Waals surface area (Å²) < 4.78 is 2.04. The van der Waals surface area contributed by atoms with Gasteiger partial charge in [-0.2, -0.15) is 0 Å². The second-order valence-corrected chi connectivity index (χ2v) is 4.93. The zero-order valence-corrected chi connectivity index (χ0v) is 10.2. The van der Waals surface area contributed by atoms with Crippen molar-refractivity contribution in [3.05, 3.63) is 11.4 Å². The molecule has 0 spiro atoms. The average Bonchev–Trinajstić information content (AvgIpc) is 2.93. The first kappa shape index (κ1) is 10.9. The Balaban J connectivity index is 2.09. The maximum Gasteiger partial charge on any atom is 0.101 e. The molecule has 1 saturated carbocycles. The van der Waals surface area contributed by atoms with Gasteiger partial charge >= 0.3 is 0 Å². The van der Waals surface area contributed by atoms with Gasteiger partial charge in [-0.05, 0) is 18.3 Å². The van der Waals surface area contributed by atoms with Gasteiger partial charge in [0.15, 0.2) is 0 Å². The molecule has 84 valence electrons. The predicted molar refractivity (Wildman–Crippen MR) is 61.0 cm³/mol. The predicted octanol–water partition coefficient (Wildman–Crippen LogP) is 2.94. The number of nitrogens with zero attached hydrogens (tertiary/aromatic N) is 3. The molecule has 0 aromatic carbocycles. The van der Waals surface area contributed by atoms with Gasteiger partial charge in [-0.15, -0.1) is 16.7 Å². The maximum atomic E-state index is 5.85. The highest BCUT2D eigenvalue weighted by atomic mass is 35.5. The van der Waals surface area contributed by atoms with Crippen LogP contribution in [0.15, 0.2) is 0 Å². The summed E-state index contributed by atoms with van der Waals surface area (Å²) in [5, 5.41) is 8.33. The van der Waals surface area contributed by atoms with Crippen molar-refractivity contribution in [3.63, 3.8) is 0 Å². The molecule has 0 bridgehead atoms. The van der Waals surface area contributed by atoms with Crippen LogP contribution >= 0.6 is 11.6 Å². The summed E-state index contributed by atoms with van der Waals surface area (Å²) in [7, 11) is 0. The molecule has 0 radical (unpaired) electrons. The lowest BCUT2D eigenvalue weighted by atomic mass is 10.1. The quantitative estimate of drug-likeness (QED) is 0.725. The summed E-state index contributed by atoms with van der Waals surface area (Å²) in [5.41, 5.74) is 2.16. The molecule has 0 N–H and O–H groups in total. The molecule has 1 aliphatic carbocycles. The highest BCUT2D eigenvalue weighted by molar-refractivity contribution is 6.16. The lowest BCUT2D eigenvalue weighted by molar-refractivity contribution is 0.504. The van der Waals surface area contributed by atoms with Gasteiger partial charge in [-0.3, -0.25) is 0 Å². The first-order chi connectivity index (χ1) is 7.22. The Morgan fingerprint density at radius 1 is 1.47 bits per heavy atom. The lowest BCUT2D eigenvalue weighted by Crippen LogP contribution is -2.08. The van der Waals surface area contributed by atoms with E-state index in [4.69, 9.17) is 11.6 Å². The summed E-state index contributed by atoms with van der Waals surface area (Å²) in [6.45, 7) is 5.34. The van der Waals surface area contributed by atoms with Gasteiger partial charge in [-0.25, -0.2) is 4.68 Å². The molecule has 0 amide bonds. The maximum absolute atomic E-state index is 5.85. The van der Waals surface area contributed by atoms with Gasteiger partial charge in [0.25, 0.3) is 0 Å². The molecule has 1 aromatic heterocycles. The fourth-order valence-corrected chi connectivity index (χ4v) is 2.15. The van der Waals surface area contributed by atoms with E-state index in [9.17, 15) is 0 Å². The number of alkyl halides is 1. The van der Waals surface area contributed by atoms with Crippen molar-refractivity contribution in [2.24, 2.45) is 5.92 Å². The van der Waals surface area contributed by atoms with E-state index in [1.807, 2.05) is 4.68 Å². The topological polar surface area (TPSA) is 30.7 Å². The molecule has 1 aromatic rings.